The van der Waals surface area contributed by atoms with Gasteiger partial charge in [-0.05, 0) is 85.0 Å². The number of fused-ring (bicyclic) bond motifs is 5. The summed E-state index contributed by atoms with van der Waals surface area (Å²) in [6.45, 7) is 0.574. The quantitative estimate of drug-likeness (QED) is 0.603. The van der Waals surface area contributed by atoms with E-state index in [-0.39, 0.29) is 28.9 Å². The van der Waals surface area contributed by atoms with E-state index in [2.05, 4.69) is 6.92 Å². The predicted molar refractivity (Wildman–Crippen MR) is 104 cm³/mol. The number of aliphatic hydroxyl groups excluding tert-OH is 1. The fraction of sp³-hybridized carbons (Fsp3) is 0.700. The van der Waals surface area contributed by atoms with Gasteiger partial charge in [0.05, 0.1) is 11.8 Å². The summed E-state index contributed by atoms with van der Waals surface area (Å²) >= 11 is 0. The number of benzene rings is 1. The lowest BCUT2D eigenvalue weighted by Gasteiger charge is -2.50. The summed E-state index contributed by atoms with van der Waals surface area (Å²) in [6.07, 6.45) is -0.0216. The average Bonchev–Trinajstić information content (AvgIpc) is 2.93. The summed E-state index contributed by atoms with van der Waals surface area (Å²) in [6, 6.07) is 2.97. The molecule has 3 aliphatic carbocycles. The molecule has 1 aromatic carbocycles. The Kier molecular flexibility index (Phi) is 5.26. The molecule has 10 heteroatoms. The average molecular weight is 449 g/mol. The molecule has 1 aromatic rings. The summed E-state index contributed by atoms with van der Waals surface area (Å²) in [5.74, 6) is 0.563. The molecule has 30 heavy (non-hydrogen) atoms. The van der Waals surface area contributed by atoms with Crippen LogP contribution in [-0.2, 0) is 16.7 Å². The van der Waals surface area contributed by atoms with E-state index in [0.29, 0.717) is 18.3 Å². The number of alkyl halides is 3. The third-order valence-corrected chi connectivity index (χ3v) is 7.88. The first-order valence-corrected chi connectivity index (χ1v) is 11.6. The number of aliphatic hydroxyl groups is 1. The molecule has 0 aliphatic heterocycles. The van der Waals surface area contributed by atoms with Gasteiger partial charge in [0, 0.05) is 0 Å². The van der Waals surface area contributed by atoms with Crippen molar-refractivity contribution in [3.63, 3.8) is 0 Å². The molecule has 6 nitrogen and oxygen atoms in total. The first-order valence-electron chi connectivity index (χ1n) is 10.2. The van der Waals surface area contributed by atoms with Gasteiger partial charge in [0.15, 0.2) is 6.61 Å². The highest BCUT2D eigenvalue weighted by molar-refractivity contribution is 7.87. The number of halogens is 3. The number of anilines is 1. The molecule has 0 heterocycles. The van der Waals surface area contributed by atoms with Gasteiger partial charge in [0.25, 0.3) is 0 Å². The van der Waals surface area contributed by atoms with Crippen LogP contribution in [0.15, 0.2) is 12.1 Å². The van der Waals surface area contributed by atoms with Crippen molar-refractivity contribution >= 4 is 16.0 Å². The van der Waals surface area contributed by atoms with Crippen LogP contribution in [0.1, 0.15) is 56.1 Å². The van der Waals surface area contributed by atoms with Crippen LogP contribution in [0.3, 0.4) is 0 Å². The molecular formula is C20H26F3NO5S. The van der Waals surface area contributed by atoms with Gasteiger partial charge in [-0.15, -0.1) is 0 Å². The maximum atomic E-state index is 12.7. The van der Waals surface area contributed by atoms with E-state index < -0.39 is 23.1 Å². The molecular weight excluding hydrogens is 423 g/mol. The molecule has 2 fully saturated rings. The minimum absolute atomic E-state index is 0.124. The van der Waals surface area contributed by atoms with Gasteiger partial charge in [-0.25, -0.2) is 0 Å². The van der Waals surface area contributed by atoms with Crippen LogP contribution in [-0.4, -0.2) is 37.0 Å². The summed E-state index contributed by atoms with van der Waals surface area (Å²) < 4.78 is 76.6. The summed E-state index contributed by atoms with van der Waals surface area (Å²) in [7, 11) is -4.67. The Morgan fingerprint density at radius 3 is 2.63 bits per heavy atom. The van der Waals surface area contributed by atoms with Gasteiger partial charge in [0.1, 0.15) is 5.75 Å². The second kappa shape index (κ2) is 7.27. The zero-order valence-electron chi connectivity index (χ0n) is 16.6. The lowest BCUT2D eigenvalue weighted by atomic mass is 9.55. The molecule has 0 saturated heterocycles. The number of ether oxygens (including phenoxy) is 1. The monoisotopic (exact) mass is 449 g/mol. The SMILES string of the molecule is C[C@]12CC[C@@H]3c4cc(OCC(F)(F)F)c(NS(=O)(=O)O)cc4CC[C@H]3[C@@H]1CC[C@H]2O. The molecule has 0 radical (unpaired) electrons. The number of hydrogen-bond acceptors (Lipinski definition) is 4. The third-order valence-electron chi connectivity index (χ3n) is 7.41. The first-order chi connectivity index (χ1) is 13.9. The Morgan fingerprint density at radius 2 is 1.97 bits per heavy atom. The Balaban J connectivity index is 1.70. The van der Waals surface area contributed by atoms with Gasteiger partial charge in [-0.1, -0.05) is 6.92 Å². The normalized spacial score (nSPS) is 33.4. The van der Waals surface area contributed by atoms with Crippen molar-refractivity contribution in [1.82, 2.24) is 0 Å². The fourth-order valence-corrected chi connectivity index (χ4v) is 6.51. The molecule has 2 saturated carbocycles. The van der Waals surface area contributed by atoms with Gasteiger partial charge >= 0.3 is 16.5 Å². The van der Waals surface area contributed by atoms with E-state index in [0.717, 1.165) is 43.2 Å². The predicted octanol–water partition coefficient (Wildman–Crippen LogP) is 4.06. The molecule has 0 aromatic heterocycles. The van der Waals surface area contributed by atoms with Crippen LogP contribution in [0.4, 0.5) is 18.9 Å². The van der Waals surface area contributed by atoms with Crippen molar-refractivity contribution in [2.45, 2.75) is 63.6 Å². The van der Waals surface area contributed by atoms with Gasteiger partial charge in [-0.3, -0.25) is 9.27 Å². The Bertz CT molecular complexity index is 935. The van der Waals surface area contributed by atoms with Crippen molar-refractivity contribution in [3.8, 4) is 5.75 Å². The molecule has 0 bridgehead atoms. The largest absolute Gasteiger partial charge is 0.482 e. The Labute approximate surface area is 173 Å². The van der Waals surface area contributed by atoms with Crippen LogP contribution in [0, 0.1) is 17.3 Å². The lowest BCUT2D eigenvalue weighted by molar-refractivity contribution is -0.153. The zero-order valence-corrected chi connectivity index (χ0v) is 17.4. The van der Waals surface area contributed by atoms with Gasteiger partial charge in [0.2, 0.25) is 0 Å². The molecule has 0 amide bonds. The minimum atomic E-state index is -4.67. The van der Waals surface area contributed by atoms with E-state index in [4.69, 9.17) is 9.29 Å². The summed E-state index contributed by atoms with van der Waals surface area (Å²) in [4.78, 5) is 0. The van der Waals surface area contributed by atoms with Crippen molar-refractivity contribution in [2.75, 3.05) is 11.3 Å². The maximum Gasteiger partial charge on any atom is 0.422 e. The van der Waals surface area contributed by atoms with Crippen molar-refractivity contribution < 1.29 is 36.0 Å². The smallest absolute Gasteiger partial charge is 0.422 e. The summed E-state index contributed by atoms with van der Waals surface area (Å²) in [5, 5.41) is 10.5. The van der Waals surface area contributed by atoms with E-state index in [1.54, 1.807) is 0 Å². The molecule has 3 N–H and O–H groups in total. The van der Waals surface area contributed by atoms with Crippen molar-refractivity contribution in [3.05, 3.63) is 23.3 Å². The molecule has 5 atom stereocenters. The van der Waals surface area contributed by atoms with E-state index in [1.807, 2.05) is 4.72 Å². The highest BCUT2D eigenvalue weighted by Gasteiger charge is 2.54. The number of aryl methyl sites for hydroxylation is 1. The van der Waals surface area contributed by atoms with Gasteiger partial charge in [-0.2, -0.15) is 21.6 Å². The topological polar surface area (TPSA) is 95.9 Å². The van der Waals surface area contributed by atoms with Crippen molar-refractivity contribution in [1.29, 1.82) is 0 Å². The second-order valence-electron chi connectivity index (χ2n) is 9.08. The standard InChI is InChI=1S/C20H26F3NO5S/c1-19-7-6-12-13(15(19)4-5-18(19)25)3-2-11-8-16(24-30(26,27)28)17(9-14(11)12)29-10-20(21,22)23/h8-9,12-13,15,18,24-25H,2-7,10H2,1H3,(H,26,27,28)/t12-,13+,15-,18+,19-/m0/s1. The zero-order chi connectivity index (χ0) is 21.9. The Hall–Kier alpha value is -1.52. The molecule has 168 valence electrons. The first kappa shape index (κ1) is 21.7. The minimum Gasteiger partial charge on any atom is -0.482 e. The Morgan fingerprint density at radius 1 is 1.23 bits per heavy atom. The number of rotatable bonds is 4. The maximum absolute atomic E-state index is 12.7. The molecule has 3 aliphatic rings. The highest BCUT2D eigenvalue weighted by Crippen LogP contribution is 2.61. The number of nitrogens with one attached hydrogen (secondary N) is 1. The molecule has 0 spiro atoms. The molecule has 4 rings (SSSR count). The highest BCUT2D eigenvalue weighted by atomic mass is 32.2. The van der Waals surface area contributed by atoms with Crippen LogP contribution in [0.5, 0.6) is 5.75 Å². The van der Waals surface area contributed by atoms with Crippen LogP contribution < -0.4 is 9.46 Å². The fourth-order valence-electron chi connectivity index (χ4n) is 6.07. The second-order valence-corrected chi connectivity index (χ2v) is 10.2. The van der Waals surface area contributed by atoms with Crippen molar-refractivity contribution in [2.24, 2.45) is 17.3 Å². The van der Waals surface area contributed by atoms with Crippen LogP contribution in [0.25, 0.3) is 0 Å². The third kappa shape index (κ3) is 4.01. The van der Waals surface area contributed by atoms with E-state index in [1.165, 1.54) is 12.1 Å². The summed E-state index contributed by atoms with van der Waals surface area (Å²) in [5.41, 5.74) is 1.41. The lowest BCUT2D eigenvalue weighted by Crippen LogP contribution is -2.43. The number of hydrogen-bond donors (Lipinski definition) is 3. The van der Waals surface area contributed by atoms with Gasteiger partial charge < -0.3 is 9.84 Å². The van der Waals surface area contributed by atoms with Crippen LogP contribution >= 0.6 is 0 Å². The van der Waals surface area contributed by atoms with E-state index >= 15 is 0 Å². The van der Waals surface area contributed by atoms with Crippen LogP contribution in [0.2, 0.25) is 0 Å². The molecule has 0 unspecified atom stereocenters. The van der Waals surface area contributed by atoms with E-state index in [9.17, 15) is 26.7 Å².